The summed E-state index contributed by atoms with van der Waals surface area (Å²) >= 11 is 0. The van der Waals surface area contributed by atoms with Crippen molar-refractivity contribution >= 4 is 5.91 Å². The van der Waals surface area contributed by atoms with Crippen LogP contribution in [0.5, 0.6) is 11.5 Å². The van der Waals surface area contributed by atoms with E-state index in [1.165, 1.54) is 5.56 Å². The summed E-state index contributed by atoms with van der Waals surface area (Å²) in [5, 5.41) is 0. The van der Waals surface area contributed by atoms with E-state index in [0.29, 0.717) is 18.0 Å². The number of piperidine rings is 1. The Balaban J connectivity index is 1.47. The van der Waals surface area contributed by atoms with E-state index >= 15 is 0 Å². The van der Waals surface area contributed by atoms with E-state index in [4.69, 9.17) is 9.47 Å². The topological polar surface area (TPSA) is 54.9 Å². The third-order valence-electron chi connectivity index (χ3n) is 6.26. The summed E-state index contributed by atoms with van der Waals surface area (Å²) in [6, 6.07) is 9.95. The van der Waals surface area contributed by atoms with Crippen LogP contribution in [-0.2, 0) is 17.9 Å². The molecule has 0 unspecified atom stereocenters. The average Bonchev–Trinajstić information content (AvgIpc) is 3.15. The van der Waals surface area contributed by atoms with Gasteiger partial charge in [-0.3, -0.25) is 14.7 Å². The number of para-hydroxylation sites is 1. The lowest BCUT2D eigenvalue weighted by Gasteiger charge is -2.39. The fourth-order valence-corrected chi connectivity index (χ4v) is 4.81. The largest absolute Gasteiger partial charge is 0.493 e. The molecule has 0 aliphatic carbocycles. The zero-order chi connectivity index (χ0) is 20.3. The second-order valence-electron chi connectivity index (χ2n) is 8.08. The quantitative estimate of drug-likeness (QED) is 0.752. The molecule has 2 aromatic rings. The monoisotopic (exact) mass is 395 g/mol. The van der Waals surface area contributed by atoms with Gasteiger partial charge in [-0.2, -0.15) is 0 Å². The number of pyridine rings is 1. The number of hydrogen-bond donors (Lipinski definition) is 0. The number of benzene rings is 1. The molecule has 0 radical (unpaired) electrons. The zero-order valence-electron chi connectivity index (χ0n) is 17.3. The summed E-state index contributed by atoms with van der Waals surface area (Å²) in [6.07, 6.45) is 6.61. The van der Waals surface area contributed by atoms with Gasteiger partial charge in [-0.05, 0) is 49.6 Å². The Morgan fingerprint density at radius 1 is 1.03 bits per heavy atom. The molecular formula is C23H29N3O3. The molecule has 1 atom stereocenters. The van der Waals surface area contributed by atoms with E-state index in [1.54, 1.807) is 14.2 Å². The molecule has 6 heteroatoms. The van der Waals surface area contributed by atoms with Crippen molar-refractivity contribution in [1.82, 2.24) is 14.8 Å². The molecule has 1 aromatic carbocycles. The molecule has 154 valence electrons. The van der Waals surface area contributed by atoms with Gasteiger partial charge in [0.05, 0.1) is 19.6 Å². The van der Waals surface area contributed by atoms with E-state index in [-0.39, 0.29) is 11.3 Å². The summed E-state index contributed by atoms with van der Waals surface area (Å²) in [5.74, 6) is 1.70. The summed E-state index contributed by atoms with van der Waals surface area (Å²) in [4.78, 5) is 22.0. The Bertz CT molecular complexity index is 858. The van der Waals surface area contributed by atoms with Gasteiger partial charge in [0.2, 0.25) is 5.91 Å². The number of amides is 1. The number of aromatic nitrogens is 1. The number of rotatable bonds is 6. The lowest BCUT2D eigenvalue weighted by molar-refractivity contribution is -0.146. The van der Waals surface area contributed by atoms with E-state index in [1.807, 2.05) is 35.5 Å². The van der Waals surface area contributed by atoms with Gasteiger partial charge < -0.3 is 14.4 Å². The van der Waals surface area contributed by atoms with Crippen molar-refractivity contribution in [1.29, 1.82) is 0 Å². The highest BCUT2D eigenvalue weighted by Gasteiger charge is 2.48. The standard InChI is InChI=1S/C23H29N3O3/c1-28-20-6-3-5-19(21(20)29-2)16-26-13-4-9-23(22(26)27)10-14-25(17-23)15-18-7-11-24-12-8-18/h3,5-8,11-12H,4,9-10,13-17H2,1-2H3/t23-/m1/s1. The van der Waals surface area contributed by atoms with Crippen molar-refractivity contribution in [3.05, 3.63) is 53.9 Å². The second-order valence-corrected chi connectivity index (χ2v) is 8.08. The van der Waals surface area contributed by atoms with Crippen LogP contribution in [0, 0.1) is 5.41 Å². The molecule has 1 spiro atoms. The molecule has 4 rings (SSSR count). The molecule has 29 heavy (non-hydrogen) atoms. The maximum Gasteiger partial charge on any atom is 0.230 e. The first-order valence-electron chi connectivity index (χ1n) is 10.3. The highest BCUT2D eigenvalue weighted by atomic mass is 16.5. The molecular weight excluding hydrogens is 366 g/mol. The highest BCUT2D eigenvalue weighted by Crippen LogP contribution is 2.41. The van der Waals surface area contributed by atoms with Crippen LogP contribution in [0.3, 0.4) is 0 Å². The lowest BCUT2D eigenvalue weighted by Crippen LogP contribution is -2.49. The van der Waals surface area contributed by atoms with Crippen molar-refractivity contribution in [2.24, 2.45) is 5.41 Å². The minimum atomic E-state index is -0.253. The van der Waals surface area contributed by atoms with E-state index in [9.17, 15) is 4.79 Å². The van der Waals surface area contributed by atoms with Crippen molar-refractivity contribution in [3.63, 3.8) is 0 Å². The van der Waals surface area contributed by atoms with Crippen LogP contribution in [0.1, 0.15) is 30.4 Å². The van der Waals surface area contributed by atoms with Gasteiger partial charge in [0, 0.05) is 44.1 Å². The predicted octanol–water partition coefficient (Wildman–Crippen LogP) is 3.11. The molecule has 2 fully saturated rings. The molecule has 6 nitrogen and oxygen atoms in total. The van der Waals surface area contributed by atoms with Gasteiger partial charge in [-0.1, -0.05) is 12.1 Å². The van der Waals surface area contributed by atoms with Gasteiger partial charge in [-0.25, -0.2) is 0 Å². The van der Waals surface area contributed by atoms with Crippen molar-refractivity contribution in [2.75, 3.05) is 33.9 Å². The van der Waals surface area contributed by atoms with Crippen LogP contribution in [-0.4, -0.2) is 54.5 Å². The Morgan fingerprint density at radius 2 is 1.86 bits per heavy atom. The Morgan fingerprint density at radius 3 is 2.62 bits per heavy atom. The van der Waals surface area contributed by atoms with E-state index in [0.717, 1.165) is 51.0 Å². The van der Waals surface area contributed by atoms with Crippen LogP contribution in [0.2, 0.25) is 0 Å². The third kappa shape index (κ3) is 3.94. The number of nitrogens with zero attached hydrogens (tertiary/aromatic N) is 3. The number of likely N-dealkylation sites (tertiary alicyclic amines) is 2. The smallest absolute Gasteiger partial charge is 0.230 e. The number of methoxy groups -OCH3 is 2. The molecule has 2 aliphatic heterocycles. The predicted molar refractivity (Wildman–Crippen MR) is 111 cm³/mol. The first kappa shape index (κ1) is 19.7. The van der Waals surface area contributed by atoms with Gasteiger partial charge in [-0.15, -0.1) is 0 Å². The Hall–Kier alpha value is -2.60. The van der Waals surface area contributed by atoms with Crippen LogP contribution in [0.25, 0.3) is 0 Å². The highest BCUT2D eigenvalue weighted by molar-refractivity contribution is 5.84. The average molecular weight is 396 g/mol. The molecule has 2 aliphatic rings. The first-order valence-corrected chi connectivity index (χ1v) is 10.3. The van der Waals surface area contributed by atoms with Crippen molar-refractivity contribution < 1.29 is 14.3 Å². The molecule has 2 saturated heterocycles. The second kappa shape index (κ2) is 8.41. The molecule has 3 heterocycles. The molecule has 1 aromatic heterocycles. The van der Waals surface area contributed by atoms with E-state index < -0.39 is 0 Å². The number of carbonyl (C=O) groups excluding carboxylic acids is 1. The van der Waals surface area contributed by atoms with Gasteiger partial charge in [0.25, 0.3) is 0 Å². The molecule has 1 amide bonds. The number of hydrogen-bond acceptors (Lipinski definition) is 5. The first-order chi connectivity index (χ1) is 14.1. The maximum absolute atomic E-state index is 13.5. The van der Waals surface area contributed by atoms with Gasteiger partial charge >= 0.3 is 0 Å². The lowest BCUT2D eigenvalue weighted by atomic mass is 9.78. The van der Waals surface area contributed by atoms with Gasteiger partial charge in [0.1, 0.15) is 0 Å². The minimum absolute atomic E-state index is 0.253. The molecule has 0 N–H and O–H groups in total. The fourth-order valence-electron chi connectivity index (χ4n) is 4.81. The number of carbonyl (C=O) groups is 1. The molecule has 0 bridgehead atoms. The van der Waals surface area contributed by atoms with Crippen molar-refractivity contribution in [2.45, 2.75) is 32.4 Å². The fraction of sp³-hybridized carbons (Fsp3) is 0.478. The van der Waals surface area contributed by atoms with Crippen LogP contribution in [0.4, 0.5) is 0 Å². The Labute approximate surface area is 172 Å². The summed E-state index contributed by atoms with van der Waals surface area (Å²) in [6.45, 7) is 4.03. The third-order valence-corrected chi connectivity index (χ3v) is 6.26. The minimum Gasteiger partial charge on any atom is -0.493 e. The summed E-state index contributed by atoms with van der Waals surface area (Å²) in [7, 11) is 3.29. The van der Waals surface area contributed by atoms with Crippen LogP contribution >= 0.6 is 0 Å². The SMILES string of the molecule is COc1cccc(CN2CCC[C@]3(CCN(Cc4ccncc4)C3)C2=O)c1OC. The Kier molecular flexibility index (Phi) is 5.72. The van der Waals surface area contributed by atoms with E-state index in [2.05, 4.69) is 22.0 Å². The normalized spacial score (nSPS) is 22.3. The van der Waals surface area contributed by atoms with Crippen LogP contribution in [0.15, 0.2) is 42.7 Å². The summed E-state index contributed by atoms with van der Waals surface area (Å²) in [5.41, 5.74) is 1.99. The number of ether oxygens (including phenoxy) is 2. The summed E-state index contributed by atoms with van der Waals surface area (Å²) < 4.78 is 11.0. The molecule has 0 saturated carbocycles. The van der Waals surface area contributed by atoms with Gasteiger partial charge in [0.15, 0.2) is 11.5 Å². The van der Waals surface area contributed by atoms with Crippen LogP contribution < -0.4 is 9.47 Å². The zero-order valence-corrected chi connectivity index (χ0v) is 17.3. The maximum atomic E-state index is 13.5. The van der Waals surface area contributed by atoms with Crippen molar-refractivity contribution in [3.8, 4) is 11.5 Å².